The Hall–Kier alpha value is -3.31. The number of methoxy groups -OCH3 is 2. The van der Waals surface area contributed by atoms with E-state index in [1.807, 2.05) is 6.92 Å². The number of ether oxygens (including phenoxy) is 2. The molecule has 6 N–H and O–H groups in total. The minimum Gasteiger partial charge on any atom is -0.496 e. The Morgan fingerprint density at radius 2 is 1.69 bits per heavy atom. The third-order valence-corrected chi connectivity index (χ3v) is 5.41. The topological polar surface area (TPSA) is 156 Å². The van der Waals surface area contributed by atoms with Crippen molar-refractivity contribution in [2.75, 3.05) is 38.9 Å². The van der Waals surface area contributed by atoms with Gasteiger partial charge in [0.1, 0.15) is 17.3 Å². The van der Waals surface area contributed by atoms with E-state index < -0.39 is 10.0 Å². The van der Waals surface area contributed by atoms with Gasteiger partial charge in [-0.1, -0.05) is 12.1 Å². The summed E-state index contributed by atoms with van der Waals surface area (Å²) in [6, 6.07) is 8.40. The molecule has 174 valence electrons. The number of benzene rings is 2. The van der Waals surface area contributed by atoms with E-state index in [9.17, 15) is 13.2 Å². The highest BCUT2D eigenvalue weighted by atomic mass is 32.2. The summed E-state index contributed by atoms with van der Waals surface area (Å²) < 4.78 is 35.5. The molecule has 11 heteroatoms. The van der Waals surface area contributed by atoms with Crippen LogP contribution in [0.4, 0.5) is 5.69 Å². The van der Waals surface area contributed by atoms with Gasteiger partial charge in [0.15, 0.2) is 0 Å². The molecule has 0 saturated heterocycles. The molecule has 0 aromatic heterocycles. The molecule has 1 amide bonds. The van der Waals surface area contributed by atoms with Crippen molar-refractivity contribution in [2.24, 2.45) is 5.73 Å². The number of nitrogens with two attached hydrogens (primary N) is 1. The Kier molecular flexibility index (Phi) is 8.44. The maximum Gasteiger partial charge on any atom is 0.251 e. The number of carbonyl (C=O) groups is 1. The van der Waals surface area contributed by atoms with E-state index in [0.717, 1.165) is 17.4 Å². The highest BCUT2D eigenvalue weighted by Gasteiger charge is 2.14. The average molecular weight is 464 g/mol. The second-order valence-electron chi connectivity index (χ2n) is 7.07. The number of nitrogens with one attached hydrogen (secondary N) is 4. The van der Waals surface area contributed by atoms with Crippen molar-refractivity contribution in [3.05, 3.63) is 52.6 Å². The molecule has 0 radical (unpaired) electrons. The fourth-order valence-electron chi connectivity index (χ4n) is 2.99. The molecule has 0 spiro atoms. The molecular formula is C21H29N5O5S. The van der Waals surface area contributed by atoms with Crippen LogP contribution in [0, 0.1) is 12.3 Å². The van der Waals surface area contributed by atoms with Gasteiger partial charge in [-0.25, -0.2) is 13.1 Å². The molecule has 0 saturated carbocycles. The zero-order valence-corrected chi connectivity index (χ0v) is 19.4. The van der Waals surface area contributed by atoms with E-state index in [1.54, 1.807) is 30.3 Å². The van der Waals surface area contributed by atoms with Crippen LogP contribution in [0.15, 0.2) is 30.3 Å². The van der Waals surface area contributed by atoms with Crippen molar-refractivity contribution in [2.45, 2.75) is 13.5 Å². The molecule has 0 aliphatic rings. The van der Waals surface area contributed by atoms with E-state index in [0.29, 0.717) is 34.9 Å². The van der Waals surface area contributed by atoms with Gasteiger partial charge in [0.05, 0.1) is 20.5 Å². The van der Waals surface area contributed by atoms with Crippen molar-refractivity contribution < 1.29 is 22.7 Å². The lowest BCUT2D eigenvalue weighted by atomic mass is 10.1. The molecule has 0 aliphatic heterocycles. The highest BCUT2D eigenvalue weighted by Crippen LogP contribution is 2.29. The SMILES string of the molecule is COc1cc(C(=O)NCc2ccc(C(=N)N)cc2NCCNS(C)(=O)=O)cc(OC)c1C. The zero-order valence-electron chi connectivity index (χ0n) is 18.5. The highest BCUT2D eigenvalue weighted by molar-refractivity contribution is 7.88. The fraction of sp³-hybridized carbons (Fsp3) is 0.333. The van der Waals surface area contributed by atoms with Crippen LogP contribution in [0.5, 0.6) is 11.5 Å². The van der Waals surface area contributed by atoms with Gasteiger partial charge in [0.2, 0.25) is 10.0 Å². The smallest absolute Gasteiger partial charge is 0.251 e. The molecule has 32 heavy (non-hydrogen) atoms. The normalized spacial score (nSPS) is 11.0. The summed E-state index contributed by atoms with van der Waals surface area (Å²) in [4.78, 5) is 12.7. The molecule has 10 nitrogen and oxygen atoms in total. The zero-order chi connectivity index (χ0) is 23.9. The third-order valence-electron chi connectivity index (χ3n) is 4.68. The van der Waals surface area contributed by atoms with E-state index in [1.165, 1.54) is 14.2 Å². The number of nitrogen functional groups attached to an aromatic ring is 1. The first-order valence-corrected chi connectivity index (χ1v) is 11.6. The summed E-state index contributed by atoms with van der Waals surface area (Å²) in [7, 11) is -0.250. The minimum atomic E-state index is -3.30. The second-order valence-corrected chi connectivity index (χ2v) is 8.90. The van der Waals surface area contributed by atoms with Crippen LogP contribution in [-0.4, -0.2) is 53.7 Å². The van der Waals surface area contributed by atoms with Gasteiger partial charge in [0.25, 0.3) is 5.91 Å². The fourth-order valence-corrected chi connectivity index (χ4v) is 3.46. The third kappa shape index (κ3) is 6.86. The summed E-state index contributed by atoms with van der Waals surface area (Å²) in [6.07, 6.45) is 1.08. The Morgan fingerprint density at radius 3 is 2.22 bits per heavy atom. The molecule has 0 bridgehead atoms. The number of anilines is 1. The van der Waals surface area contributed by atoms with Gasteiger partial charge in [-0.05, 0) is 30.7 Å². The van der Waals surface area contributed by atoms with E-state index >= 15 is 0 Å². The Balaban J connectivity index is 2.17. The molecule has 0 heterocycles. The lowest BCUT2D eigenvalue weighted by Gasteiger charge is -2.16. The maximum absolute atomic E-state index is 12.7. The van der Waals surface area contributed by atoms with E-state index in [-0.39, 0.29) is 24.8 Å². The number of carbonyl (C=O) groups excluding carboxylic acids is 1. The summed E-state index contributed by atoms with van der Waals surface area (Å²) >= 11 is 0. The van der Waals surface area contributed by atoms with Gasteiger partial charge in [-0.15, -0.1) is 0 Å². The van der Waals surface area contributed by atoms with Gasteiger partial charge in [0, 0.05) is 42.0 Å². The molecule has 2 rings (SSSR count). The number of amides is 1. The summed E-state index contributed by atoms with van der Waals surface area (Å²) in [6.45, 7) is 2.52. The summed E-state index contributed by atoms with van der Waals surface area (Å²) in [5, 5.41) is 13.6. The lowest BCUT2D eigenvalue weighted by Crippen LogP contribution is -2.28. The predicted molar refractivity (Wildman–Crippen MR) is 124 cm³/mol. The van der Waals surface area contributed by atoms with Crippen molar-refractivity contribution in [1.82, 2.24) is 10.0 Å². The van der Waals surface area contributed by atoms with Crippen LogP contribution in [0.25, 0.3) is 0 Å². The standard InChI is InChI=1S/C21H29N5O5S/c1-13-18(30-2)10-16(11-19(13)31-3)21(27)25-12-15-6-5-14(20(22)23)9-17(15)24-7-8-26-32(4,28)29/h5-6,9-11,24,26H,7-8,12H2,1-4H3,(H3,22,23)(H,25,27). The van der Waals surface area contributed by atoms with Crippen LogP contribution in [0.1, 0.15) is 27.0 Å². The Morgan fingerprint density at radius 1 is 1.06 bits per heavy atom. The quantitative estimate of drug-likeness (QED) is 0.190. The van der Waals surface area contributed by atoms with Crippen LogP contribution < -0.4 is 30.6 Å². The number of sulfonamides is 1. The largest absolute Gasteiger partial charge is 0.496 e. The van der Waals surface area contributed by atoms with Gasteiger partial charge in [-0.3, -0.25) is 10.2 Å². The lowest BCUT2D eigenvalue weighted by molar-refractivity contribution is 0.0950. The van der Waals surface area contributed by atoms with Crippen molar-refractivity contribution >= 4 is 27.5 Å². The molecule has 2 aromatic rings. The van der Waals surface area contributed by atoms with Crippen LogP contribution in [0.3, 0.4) is 0 Å². The van der Waals surface area contributed by atoms with Crippen LogP contribution in [0.2, 0.25) is 0 Å². The Labute approximate surface area is 188 Å². The minimum absolute atomic E-state index is 0.100. The van der Waals surface area contributed by atoms with Gasteiger partial charge < -0.3 is 25.8 Å². The number of hydrogen-bond acceptors (Lipinski definition) is 7. The molecule has 2 aromatic carbocycles. The average Bonchev–Trinajstić information content (AvgIpc) is 2.74. The van der Waals surface area contributed by atoms with Crippen LogP contribution >= 0.6 is 0 Å². The first-order valence-electron chi connectivity index (χ1n) is 9.72. The molecule has 0 aliphatic carbocycles. The maximum atomic E-state index is 12.7. The van der Waals surface area contributed by atoms with Crippen LogP contribution in [-0.2, 0) is 16.6 Å². The van der Waals surface area contributed by atoms with Crippen molar-refractivity contribution in [3.63, 3.8) is 0 Å². The molecule has 0 atom stereocenters. The number of hydrogen-bond donors (Lipinski definition) is 5. The van der Waals surface area contributed by atoms with Gasteiger partial charge >= 0.3 is 0 Å². The van der Waals surface area contributed by atoms with Crippen molar-refractivity contribution in [3.8, 4) is 11.5 Å². The summed E-state index contributed by atoms with van der Waals surface area (Å²) in [5.74, 6) is 0.667. The number of rotatable bonds is 11. The van der Waals surface area contributed by atoms with Crippen molar-refractivity contribution in [1.29, 1.82) is 5.41 Å². The second kappa shape index (κ2) is 10.8. The number of amidine groups is 1. The predicted octanol–water partition coefficient (Wildman–Crippen LogP) is 1.19. The monoisotopic (exact) mass is 463 g/mol. The first kappa shape index (κ1) is 25.0. The molecule has 0 fully saturated rings. The van der Waals surface area contributed by atoms with E-state index in [4.69, 9.17) is 20.6 Å². The molecule has 0 unspecified atom stereocenters. The van der Waals surface area contributed by atoms with Gasteiger partial charge in [-0.2, -0.15) is 0 Å². The summed E-state index contributed by atoms with van der Waals surface area (Å²) in [5.41, 5.74) is 8.64. The Bertz CT molecular complexity index is 1080. The van der Waals surface area contributed by atoms with E-state index in [2.05, 4.69) is 15.4 Å². The molecular weight excluding hydrogens is 434 g/mol. The first-order chi connectivity index (χ1) is 15.1.